The fourth-order valence-electron chi connectivity index (χ4n) is 2.02. The van der Waals surface area contributed by atoms with Crippen molar-refractivity contribution < 1.29 is 8.42 Å². The maximum atomic E-state index is 11.9. The van der Waals surface area contributed by atoms with Crippen LogP contribution in [0, 0.1) is 5.92 Å². The molecule has 1 rings (SSSR count). The minimum Gasteiger partial charge on any atom is -0.327 e. The SMILES string of the molecule is CC(C)CC(N)CS(=O)(=O)N1CCCC1. The fraction of sp³-hybridized carbons (Fsp3) is 1.00. The largest absolute Gasteiger partial charge is 0.327 e. The third kappa shape index (κ3) is 4.09. The minimum absolute atomic E-state index is 0.102. The number of hydrogen-bond acceptors (Lipinski definition) is 3. The highest BCUT2D eigenvalue weighted by Crippen LogP contribution is 2.15. The van der Waals surface area contributed by atoms with Gasteiger partial charge < -0.3 is 5.73 Å². The summed E-state index contributed by atoms with van der Waals surface area (Å²) in [6, 6.07) is -0.226. The molecule has 90 valence electrons. The van der Waals surface area contributed by atoms with Crippen LogP contribution in [0.25, 0.3) is 0 Å². The topological polar surface area (TPSA) is 63.4 Å². The molecule has 0 aliphatic carbocycles. The van der Waals surface area contributed by atoms with Crippen LogP contribution in [0.1, 0.15) is 33.1 Å². The number of hydrogen-bond donors (Lipinski definition) is 1. The summed E-state index contributed by atoms with van der Waals surface area (Å²) in [5, 5.41) is 0. The molecule has 1 aliphatic heterocycles. The Morgan fingerprint density at radius 2 is 1.80 bits per heavy atom. The highest BCUT2D eigenvalue weighted by atomic mass is 32.2. The molecule has 0 aromatic rings. The molecule has 1 unspecified atom stereocenters. The average Bonchev–Trinajstić information content (AvgIpc) is 2.51. The first kappa shape index (κ1) is 12.9. The van der Waals surface area contributed by atoms with E-state index in [4.69, 9.17) is 5.73 Å². The molecule has 1 saturated heterocycles. The number of nitrogens with zero attached hydrogens (tertiary/aromatic N) is 1. The molecule has 0 bridgehead atoms. The summed E-state index contributed by atoms with van der Waals surface area (Å²) < 4.78 is 25.3. The molecule has 1 heterocycles. The summed E-state index contributed by atoms with van der Waals surface area (Å²) in [4.78, 5) is 0. The van der Waals surface area contributed by atoms with Gasteiger partial charge in [-0.3, -0.25) is 0 Å². The summed E-state index contributed by atoms with van der Waals surface area (Å²) in [5.74, 6) is 0.555. The summed E-state index contributed by atoms with van der Waals surface area (Å²) in [5.41, 5.74) is 5.82. The van der Waals surface area contributed by atoms with Crippen molar-refractivity contribution in [2.45, 2.75) is 39.2 Å². The molecule has 0 radical (unpaired) electrons. The Balaban J connectivity index is 2.48. The van der Waals surface area contributed by atoms with Gasteiger partial charge in [-0.25, -0.2) is 12.7 Å². The van der Waals surface area contributed by atoms with Gasteiger partial charge in [-0.2, -0.15) is 0 Å². The first-order chi connectivity index (χ1) is 6.92. The number of nitrogens with two attached hydrogens (primary N) is 1. The van der Waals surface area contributed by atoms with Crippen molar-refractivity contribution in [3.63, 3.8) is 0 Å². The predicted octanol–water partition coefficient (Wildman–Crippen LogP) is 0.785. The van der Waals surface area contributed by atoms with Crippen molar-refractivity contribution in [1.82, 2.24) is 4.31 Å². The van der Waals surface area contributed by atoms with Crippen molar-refractivity contribution in [2.24, 2.45) is 11.7 Å². The van der Waals surface area contributed by atoms with Crippen molar-refractivity contribution in [1.29, 1.82) is 0 Å². The molecule has 0 amide bonds. The zero-order valence-corrected chi connectivity index (χ0v) is 10.5. The average molecular weight is 234 g/mol. The number of rotatable bonds is 5. The summed E-state index contributed by atoms with van der Waals surface area (Å²) >= 11 is 0. The quantitative estimate of drug-likeness (QED) is 0.765. The Morgan fingerprint density at radius 3 is 2.27 bits per heavy atom. The van der Waals surface area contributed by atoms with E-state index in [-0.39, 0.29) is 11.8 Å². The molecular weight excluding hydrogens is 212 g/mol. The van der Waals surface area contributed by atoms with E-state index in [0.29, 0.717) is 19.0 Å². The molecule has 0 aromatic heterocycles. The fourth-order valence-corrected chi connectivity index (χ4v) is 3.72. The van der Waals surface area contributed by atoms with Crippen LogP contribution in [-0.2, 0) is 10.0 Å². The van der Waals surface area contributed by atoms with Gasteiger partial charge in [-0.15, -0.1) is 0 Å². The van der Waals surface area contributed by atoms with E-state index >= 15 is 0 Å². The molecule has 4 nitrogen and oxygen atoms in total. The lowest BCUT2D eigenvalue weighted by Gasteiger charge is -2.19. The van der Waals surface area contributed by atoms with E-state index in [0.717, 1.165) is 19.3 Å². The van der Waals surface area contributed by atoms with Gasteiger partial charge in [0.1, 0.15) is 0 Å². The lowest BCUT2D eigenvalue weighted by Crippen LogP contribution is -2.38. The smallest absolute Gasteiger partial charge is 0.215 e. The molecule has 0 spiro atoms. The molecule has 5 heteroatoms. The molecule has 1 aliphatic rings. The standard InChI is InChI=1S/C10H22N2O2S/c1-9(2)7-10(11)8-15(13,14)12-5-3-4-6-12/h9-10H,3-8,11H2,1-2H3. The van der Waals surface area contributed by atoms with E-state index in [1.807, 2.05) is 0 Å². The summed E-state index contributed by atoms with van der Waals surface area (Å²) in [6.45, 7) is 5.47. The maximum Gasteiger partial charge on any atom is 0.215 e. The van der Waals surface area contributed by atoms with Gasteiger partial charge in [0.2, 0.25) is 10.0 Å². The monoisotopic (exact) mass is 234 g/mol. The lowest BCUT2D eigenvalue weighted by molar-refractivity contribution is 0.460. The minimum atomic E-state index is -3.10. The van der Waals surface area contributed by atoms with Gasteiger partial charge in [0, 0.05) is 19.1 Å². The molecule has 1 fully saturated rings. The van der Waals surface area contributed by atoms with E-state index < -0.39 is 10.0 Å². The highest BCUT2D eigenvalue weighted by Gasteiger charge is 2.27. The lowest BCUT2D eigenvalue weighted by atomic mass is 10.1. The van der Waals surface area contributed by atoms with Crippen LogP contribution in [0.5, 0.6) is 0 Å². The van der Waals surface area contributed by atoms with Crippen LogP contribution >= 0.6 is 0 Å². The summed E-state index contributed by atoms with van der Waals surface area (Å²) in [6.07, 6.45) is 2.74. The normalized spacial score (nSPS) is 21.1. The van der Waals surface area contributed by atoms with Crippen molar-refractivity contribution in [2.75, 3.05) is 18.8 Å². The van der Waals surface area contributed by atoms with E-state index in [1.54, 1.807) is 4.31 Å². The van der Waals surface area contributed by atoms with E-state index in [1.165, 1.54) is 0 Å². The maximum absolute atomic E-state index is 11.9. The van der Waals surface area contributed by atoms with Crippen LogP contribution in [0.2, 0.25) is 0 Å². The van der Waals surface area contributed by atoms with E-state index in [9.17, 15) is 8.42 Å². The first-order valence-corrected chi connectivity index (χ1v) is 7.26. The van der Waals surface area contributed by atoms with Gasteiger partial charge in [-0.1, -0.05) is 13.8 Å². The van der Waals surface area contributed by atoms with Crippen LogP contribution < -0.4 is 5.73 Å². The van der Waals surface area contributed by atoms with Crippen LogP contribution in [0.4, 0.5) is 0 Å². The second-order valence-electron chi connectivity index (χ2n) is 4.77. The summed E-state index contributed by atoms with van der Waals surface area (Å²) in [7, 11) is -3.10. The predicted molar refractivity (Wildman–Crippen MR) is 62.0 cm³/mol. The zero-order chi connectivity index (χ0) is 11.5. The Bertz CT molecular complexity index is 282. The molecule has 1 atom stereocenters. The van der Waals surface area contributed by atoms with Crippen molar-refractivity contribution in [3.05, 3.63) is 0 Å². The van der Waals surface area contributed by atoms with Crippen LogP contribution in [0.3, 0.4) is 0 Å². The van der Waals surface area contributed by atoms with Crippen LogP contribution in [-0.4, -0.2) is 37.6 Å². The van der Waals surface area contributed by atoms with Gasteiger partial charge in [0.05, 0.1) is 5.75 Å². The zero-order valence-electron chi connectivity index (χ0n) is 9.65. The Kier molecular flexibility index (Phi) is 4.55. The molecule has 0 saturated carbocycles. The number of sulfonamides is 1. The molecule has 0 aromatic carbocycles. The molecular formula is C10H22N2O2S. The highest BCUT2D eigenvalue weighted by molar-refractivity contribution is 7.89. The third-order valence-corrected chi connectivity index (χ3v) is 4.66. The Hall–Kier alpha value is -0.130. The first-order valence-electron chi connectivity index (χ1n) is 5.65. The van der Waals surface area contributed by atoms with Gasteiger partial charge in [0.15, 0.2) is 0 Å². The van der Waals surface area contributed by atoms with Gasteiger partial charge in [-0.05, 0) is 25.2 Å². The van der Waals surface area contributed by atoms with Crippen molar-refractivity contribution >= 4 is 10.0 Å². The van der Waals surface area contributed by atoms with Crippen LogP contribution in [0.15, 0.2) is 0 Å². The second kappa shape index (κ2) is 5.27. The van der Waals surface area contributed by atoms with E-state index in [2.05, 4.69) is 13.8 Å². The Morgan fingerprint density at radius 1 is 1.27 bits per heavy atom. The van der Waals surface area contributed by atoms with Gasteiger partial charge >= 0.3 is 0 Å². The Labute approximate surface area is 92.9 Å². The molecule has 15 heavy (non-hydrogen) atoms. The molecule has 2 N–H and O–H groups in total. The van der Waals surface area contributed by atoms with Crippen molar-refractivity contribution in [3.8, 4) is 0 Å². The van der Waals surface area contributed by atoms with Gasteiger partial charge in [0.25, 0.3) is 0 Å². The second-order valence-corrected chi connectivity index (χ2v) is 6.79. The third-order valence-electron chi connectivity index (χ3n) is 2.66.